The largest absolute Gasteiger partial charge is 0.331 e. The van der Waals surface area contributed by atoms with Crippen molar-refractivity contribution in [1.29, 1.82) is 0 Å². The molecule has 0 spiro atoms. The second-order valence-electron chi connectivity index (χ2n) is 3.67. The molecule has 1 N–H and O–H groups in total. The van der Waals surface area contributed by atoms with E-state index in [1.54, 1.807) is 6.92 Å². The molecule has 15 heavy (non-hydrogen) atoms. The van der Waals surface area contributed by atoms with Gasteiger partial charge in [-0.05, 0) is 25.3 Å². The van der Waals surface area contributed by atoms with E-state index in [1.807, 2.05) is 18.2 Å². The summed E-state index contributed by atoms with van der Waals surface area (Å²) in [5.41, 5.74) is 1.99. The molecule has 0 heterocycles. The summed E-state index contributed by atoms with van der Waals surface area (Å²) in [6.07, 6.45) is 2.38. The lowest BCUT2D eigenvalue weighted by Crippen LogP contribution is -2.20. The first-order valence-corrected chi connectivity index (χ1v) is 5.18. The number of allylic oxidation sites excluding steroid dienone is 1. The van der Waals surface area contributed by atoms with Crippen molar-refractivity contribution >= 4 is 5.91 Å². The average molecular weight is 203 g/mol. The summed E-state index contributed by atoms with van der Waals surface area (Å²) in [7, 11) is 0. The van der Waals surface area contributed by atoms with Crippen LogP contribution in [0, 0.1) is 0 Å². The zero-order chi connectivity index (χ0) is 11.1. The first-order chi connectivity index (χ1) is 7.18. The van der Waals surface area contributed by atoms with Crippen molar-refractivity contribution < 1.29 is 4.79 Å². The number of amides is 1. The standard InChI is InChI=1S/C13H17NO/c1-11(2)14-13(15)10-6-9-12-7-4-3-5-8-12/h3-5,7-8H,1,6,9-10H2,2H3,(H,14,15). The SMILES string of the molecule is C=C(C)NC(=O)CCCc1ccccc1. The molecule has 80 valence electrons. The van der Waals surface area contributed by atoms with Gasteiger partial charge in [0.15, 0.2) is 0 Å². The van der Waals surface area contributed by atoms with Gasteiger partial charge in [0.05, 0.1) is 0 Å². The Bertz CT molecular complexity index is 330. The molecule has 1 aromatic rings. The maximum absolute atomic E-state index is 11.3. The Kier molecular flexibility index (Phi) is 4.61. The van der Waals surface area contributed by atoms with Crippen LogP contribution in [0.1, 0.15) is 25.3 Å². The van der Waals surface area contributed by atoms with Gasteiger partial charge in [-0.25, -0.2) is 0 Å². The van der Waals surface area contributed by atoms with Gasteiger partial charge in [0.1, 0.15) is 0 Å². The van der Waals surface area contributed by atoms with Crippen molar-refractivity contribution in [3.8, 4) is 0 Å². The van der Waals surface area contributed by atoms with Gasteiger partial charge in [0, 0.05) is 12.1 Å². The number of nitrogens with one attached hydrogen (secondary N) is 1. The normalized spacial score (nSPS) is 9.67. The predicted octanol–water partition coefficient (Wildman–Crippen LogP) is 2.66. The fourth-order valence-electron chi connectivity index (χ4n) is 1.40. The first-order valence-electron chi connectivity index (χ1n) is 5.18. The van der Waals surface area contributed by atoms with Crippen molar-refractivity contribution in [2.24, 2.45) is 0 Å². The maximum Gasteiger partial charge on any atom is 0.224 e. The molecule has 0 aromatic heterocycles. The molecule has 0 aliphatic carbocycles. The molecule has 1 rings (SSSR count). The summed E-state index contributed by atoms with van der Waals surface area (Å²) in [5.74, 6) is 0.0541. The number of rotatable bonds is 5. The van der Waals surface area contributed by atoms with Gasteiger partial charge in [-0.2, -0.15) is 0 Å². The quantitative estimate of drug-likeness (QED) is 0.783. The lowest BCUT2D eigenvalue weighted by Gasteiger charge is -2.03. The third-order valence-corrected chi connectivity index (χ3v) is 2.06. The van der Waals surface area contributed by atoms with E-state index in [9.17, 15) is 4.79 Å². The minimum Gasteiger partial charge on any atom is -0.331 e. The van der Waals surface area contributed by atoms with Gasteiger partial charge < -0.3 is 5.32 Å². The Labute approximate surface area is 91.0 Å². The molecule has 0 aliphatic rings. The summed E-state index contributed by atoms with van der Waals surface area (Å²) in [4.78, 5) is 11.3. The smallest absolute Gasteiger partial charge is 0.224 e. The van der Waals surface area contributed by atoms with Crippen molar-refractivity contribution in [1.82, 2.24) is 5.32 Å². The van der Waals surface area contributed by atoms with E-state index in [4.69, 9.17) is 0 Å². The third-order valence-electron chi connectivity index (χ3n) is 2.06. The minimum absolute atomic E-state index is 0.0541. The lowest BCUT2D eigenvalue weighted by molar-refractivity contribution is -0.120. The summed E-state index contributed by atoms with van der Waals surface area (Å²) in [6, 6.07) is 10.2. The number of aryl methyl sites for hydroxylation is 1. The molecule has 0 radical (unpaired) electrons. The van der Waals surface area contributed by atoms with Crippen LogP contribution in [-0.4, -0.2) is 5.91 Å². The average Bonchev–Trinajstić information content (AvgIpc) is 2.18. The molecule has 0 atom stereocenters. The molecule has 0 bridgehead atoms. The van der Waals surface area contributed by atoms with Gasteiger partial charge in [0.25, 0.3) is 0 Å². The van der Waals surface area contributed by atoms with E-state index >= 15 is 0 Å². The van der Waals surface area contributed by atoms with E-state index in [-0.39, 0.29) is 5.91 Å². The van der Waals surface area contributed by atoms with Crippen molar-refractivity contribution in [3.05, 3.63) is 48.2 Å². The monoisotopic (exact) mass is 203 g/mol. The Morgan fingerprint density at radius 1 is 1.33 bits per heavy atom. The third kappa shape index (κ3) is 5.01. The maximum atomic E-state index is 11.3. The van der Waals surface area contributed by atoms with Crippen molar-refractivity contribution in [2.75, 3.05) is 0 Å². The number of carbonyl (C=O) groups is 1. The van der Waals surface area contributed by atoms with Crippen LogP contribution in [-0.2, 0) is 11.2 Å². The zero-order valence-corrected chi connectivity index (χ0v) is 9.12. The van der Waals surface area contributed by atoms with Crippen LogP contribution < -0.4 is 5.32 Å². The Morgan fingerprint density at radius 3 is 2.60 bits per heavy atom. The van der Waals surface area contributed by atoms with E-state index in [1.165, 1.54) is 5.56 Å². The molecule has 1 aromatic carbocycles. The number of carbonyl (C=O) groups excluding carboxylic acids is 1. The predicted molar refractivity (Wildman–Crippen MR) is 62.3 cm³/mol. The van der Waals surface area contributed by atoms with Gasteiger partial charge >= 0.3 is 0 Å². The van der Waals surface area contributed by atoms with Crippen LogP contribution in [0.5, 0.6) is 0 Å². The summed E-state index contributed by atoms with van der Waals surface area (Å²) < 4.78 is 0. The van der Waals surface area contributed by atoms with E-state index < -0.39 is 0 Å². The van der Waals surface area contributed by atoms with Gasteiger partial charge in [-0.1, -0.05) is 36.9 Å². The first kappa shape index (κ1) is 11.5. The second kappa shape index (κ2) is 6.02. The highest BCUT2D eigenvalue weighted by Gasteiger charge is 2.00. The van der Waals surface area contributed by atoms with Crippen LogP contribution in [0.25, 0.3) is 0 Å². The highest BCUT2D eigenvalue weighted by molar-refractivity contribution is 5.77. The van der Waals surface area contributed by atoms with E-state index in [0.29, 0.717) is 12.1 Å². The molecule has 0 saturated carbocycles. The van der Waals surface area contributed by atoms with Crippen LogP contribution in [0.15, 0.2) is 42.6 Å². The minimum atomic E-state index is 0.0541. The van der Waals surface area contributed by atoms with E-state index in [0.717, 1.165) is 12.8 Å². The Morgan fingerprint density at radius 2 is 2.00 bits per heavy atom. The van der Waals surface area contributed by atoms with Crippen molar-refractivity contribution in [3.63, 3.8) is 0 Å². The molecule has 0 saturated heterocycles. The molecule has 0 fully saturated rings. The Hall–Kier alpha value is -1.57. The highest BCUT2D eigenvalue weighted by atomic mass is 16.1. The Balaban J connectivity index is 2.22. The molecule has 0 aliphatic heterocycles. The molecular formula is C13H17NO. The molecular weight excluding hydrogens is 186 g/mol. The topological polar surface area (TPSA) is 29.1 Å². The van der Waals surface area contributed by atoms with Gasteiger partial charge in [-0.3, -0.25) is 4.79 Å². The fourth-order valence-corrected chi connectivity index (χ4v) is 1.40. The van der Waals surface area contributed by atoms with E-state index in [2.05, 4.69) is 24.0 Å². The number of hydrogen-bond acceptors (Lipinski definition) is 1. The van der Waals surface area contributed by atoms with Crippen LogP contribution in [0.2, 0.25) is 0 Å². The summed E-state index contributed by atoms with van der Waals surface area (Å²) >= 11 is 0. The molecule has 2 heteroatoms. The second-order valence-corrected chi connectivity index (χ2v) is 3.67. The highest BCUT2D eigenvalue weighted by Crippen LogP contribution is 2.04. The zero-order valence-electron chi connectivity index (χ0n) is 9.12. The fraction of sp³-hybridized carbons (Fsp3) is 0.308. The van der Waals surface area contributed by atoms with Crippen LogP contribution in [0.4, 0.5) is 0 Å². The number of hydrogen-bond donors (Lipinski definition) is 1. The summed E-state index contributed by atoms with van der Waals surface area (Å²) in [5, 5.41) is 2.70. The summed E-state index contributed by atoms with van der Waals surface area (Å²) in [6.45, 7) is 5.42. The molecule has 1 amide bonds. The van der Waals surface area contributed by atoms with Gasteiger partial charge in [0.2, 0.25) is 5.91 Å². The lowest BCUT2D eigenvalue weighted by atomic mass is 10.1. The molecule has 2 nitrogen and oxygen atoms in total. The van der Waals surface area contributed by atoms with Crippen molar-refractivity contribution in [2.45, 2.75) is 26.2 Å². The van der Waals surface area contributed by atoms with Crippen LogP contribution in [0.3, 0.4) is 0 Å². The molecule has 0 unspecified atom stereocenters. The van der Waals surface area contributed by atoms with Crippen LogP contribution >= 0.6 is 0 Å². The number of benzene rings is 1. The van der Waals surface area contributed by atoms with Gasteiger partial charge in [-0.15, -0.1) is 0 Å².